The lowest BCUT2D eigenvalue weighted by molar-refractivity contribution is 0.419. The number of ether oxygens (including phenoxy) is 1. The van der Waals surface area contributed by atoms with Gasteiger partial charge < -0.3 is 9.30 Å². The maximum atomic E-state index is 5.30. The molecule has 2 heteroatoms. The zero-order valence-corrected chi connectivity index (χ0v) is 8.16. The van der Waals surface area contributed by atoms with Gasteiger partial charge in [-0.1, -0.05) is 0 Å². The lowest BCUT2D eigenvalue weighted by Gasteiger charge is -2.04. The second-order valence-corrected chi connectivity index (χ2v) is 3.78. The topological polar surface area (TPSA) is 14.2 Å². The summed E-state index contributed by atoms with van der Waals surface area (Å²) in [4.78, 5) is 0. The normalized spacial score (nSPS) is 16.1. The van der Waals surface area contributed by atoms with Crippen molar-refractivity contribution in [2.45, 2.75) is 18.9 Å². The van der Waals surface area contributed by atoms with E-state index in [9.17, 15) is 0 Å². The average molecular weight is 186 g/mol. The average Bonchev–Trinajstić information content (AvgIpc) is 2.97. The van der Waals surface area contributed by atoms with E-state index in [0.29, 0.717) is 6.04 Å². The molecule has 2 nitrogen and oxygen atoms in total. The van der Waals surface area contributed by atoms with Crippen LogP contribution in [0.2, 0.25) is 0 Å². The van der Waals surface area contributed by atoms with Crippen LogP contribution in [0, 0.1) is 6.07 Å². The summed E-state index contributed by atoms with van der Waals surface area (Å²) in [6.45, 7) is 0. The van der Waals surface area contributed by atoms with Crippen molar-refractivity contribution in [3.63, 3.8) is 0 Å². The van der Waals surface area contributed by atoms with Crippen molar-refractivity contribution in [2.75, 3.05) is 7.11 Å². The minimum absolute atomic E-state index is 0.716. The fourth-order valence-electron chi connectivity index (χ4n) is 1.93. The van der Waals surface area contributed by atoms with Crippen LogP contribution in [0.15, 0.2) is 24.4 Å². The van der Waals surface area contributed by atoms with Gasteiger partial charge in [-0.2, -0.15) is 0 Å². The molecule has 0 N–H and O–H groups in total. The highest BCUT2D eigenvalue weighted by Gasteiger charge is 2.24. The fourth-order valence-corrected chi connectivity index (χ4v) is 1.93. The minimum atomic E-state index is 0.716. The van der Waals surface area contributed by atoms with Crippen LogP contribution in [-0.4, -0.2) is 11.7 Å². The Labute approximate surface area is 83.1 Å². The van der Waals surface area contributed by atoms with Gasteiger partial charge >= 0.3 is 0 Å². The van der Waals surface area contributed by atoms with Crippen molar-refractivity contribution < 1.29 is 4.74 Å². The number of hydrogen-bond acceptors (Lipinski definition) is 1. The first kappa shape index (κ1) is 7.92. The van der Waals surface area contributed by atoms with Crippen LogP contribution in [0.1, 0.15) is 18.9 Å². The molecule has 0 bridgehead atoms. The van der Waals surface area contributed by atoms with E-state index in [2.05, 4.69) is 22.9 Å². The summed E-state index contributed by atoms with van der Waals surface area (Å²) in [7, 11) is 1.71. The van der Waals surface area contributed by atoms with Gasteiger partial charge in [0.1, 0.15) is 5.75 Å². The Balaban J connectivity index is 2.25. The molecule has 0 unspecified atom stereocenters. The van der Waals surface area contributed by atoms with Crippen molar-refractivity contribution in [1.82, 2.24) is 4.57 Å². The van der Waals surface area contributed by atoms with Gasteiger partial charge in [0.15, 0.2) is 0 Å². The molecular weight excluding hydrogens is 174 g/mol. The number of hydrogen-bond donors (Lipinski definition) is 0. The monoisotopic (exact) mass is 186 g/mol. The van der Waals surface area contributed by atoms with E-state index < -0.39 is 0 Å². The van der Waals surface area contributed by atoms with E-state index in [1.807, 2.05) is 12.1 Å². The molecule has 0 amide bonds. The molecule has 14 heavy (non-hydrogen) atoms. The van der Waals surface area contributed by atoms with Crippen LogP contribution in [0.5, 0.6) is 5.75 Å². The number of rotatable bonds is 2. The van der Waals surface area contributed by atoms with Crippen LogP contribution in [-0.2, 0) is 0 Å². The van der Waals surface area contributed by atoms with Crippen LogP contribution in [0.4, 0.5) is 0 Å². The van der Waals surface area contributed by atoms with E-state index in [4.69, 9.17) is 4.74 Å². The summed E-state index contributed by atoms with van der Waals surface area (Å²) in [5.41, 5.74) is 1.24. The summed E-state index contributed by atoms with van der Waals surface area (Å²) in [6, 6.07) is 9.89. The predicted molar refractivity (Wildman–Crippen MR) is 55.6 cm³/mol. The van der Waals surface area contributed by atoms with Crippen LogP contribution < -0.4 is 4.74 Å². The molecule has 1 heterocycles. The zero-order valence-electron chi connectivity index (χ0n) is 8.16. The summed E-state index contributed by atoms with van der Waals surface area (Å²) in [6.07, 6.45) is 4.76. The Morgan fingerprint density at radius 2 is 2.29 bits per heavy atom. The van der Waals surface area contributed by atoms with Crippen LogP contribution in [0.3, 0.4) is 0 Å². The molecule has 1 fully saturated rings. The van der Waals surface area contributed by atoms with Gasteiger partial charge in [-0.25, -0.2) is 0 Å². The van der Waals surface area contributed by atoms with E-state index in [1.165, 1.54) is 23.7 Å². The first-order valence-corrected chi connectivity index (χ1v) is 4.95. The Hall–Kier alpha value is -1.44. The molecular formula is C12H12NO. The molecule has 1 saturated carbocycles. The second-order valence-electron chi connectivity index (χ2n) is 3.78. The molecule has 1 aromatic carbocycles. The highest BCUT2D eigenvalue weighted by atomic mass is 16.5. The largest absolute Gasteiger partial charge is 0.496 e. The lowest BCUT2D eigenvalue weighted by atomic mass is 10.2. The third kappa shape index (κ3) is 1.03. The zero-order chi connectivity index (χ0) is 9.54. The summed E-state index contributed by atoms with van der Waals surface area (Å²) in [5.74, 6) is 0.918. The molecule has 3 rings (SSSR count). The molecule has 1 aliphatic rings. The molecule has 2 aromatic rings. The molecule has 1 aromatic heterocycles. The smallest absolute Gasteiger partial charge is 0.128 e. The van der Waals surface area contributed by atoms with E-state index in [-0.39, 0.29) is 0 Å². The van der Waals surface area contributed by atoms with Crippen molar-refractivity contribution in [1.29, 1.82) is 0 Å². The van der Waals surface area contributed by atoms with E-state index in [0.717, 1.165) is 5.75 Å². The standard InChI is InChI=1S/C12H12NO/c1-14-12-4-2-3-11-10(12)7-8-13(11)9-5-6-9/h3-4,7-9H,5-6H2,1H3. The van der Waals surface area contributed by atoms with Gasteiger partial charge in [0.25, 0.3) is 0 Å². The predicted octanol–water partition coefficient (Wildman–Crippen LogP) is 2.78. The molecule has 1 aliphatic carbocycles. The summed E-state index contributed by atoms with van der Waals surface area (Å²) < 4.78 is 7.62. The number of aromatic nitrogens is 1. The van der Waals surface area contributed by atoms with Crippen molar-refractivity contribution in [3.8, 4) is 5.75 Å². The van der Waals surface area contributed by atoms with Gasteiger partial charge in [-0.15, -0.1) is 0 Å². The number of methoxy groups -OCH3 is 1. The Bertz CT molecular complexity index is 468. The van der Waals surface area contributed by atoms with Crippen molar-refractivity contribution >= 4 is 10.9 Å². The summed E-state index contributed by atoms with van der Waals surface area (Å²) >= 11 is 0. The molecule has 0 aliphatic heterocycles. The van der Waals surface area contributed by atoms with Crippen molar-refractivity contribution in [3.05, 3.63) is 30.5 Å². The molecule has 1 radical (unpaired) electrons. The third-order valence-electron chi connectivity index (χ3n) is 2.82. The second kappa shape index (κ2) is 2.77. The first-order chi connectivity index (χ1) is 6.90. The Morgan fingerprint density at radius 3 is 3.00 bits per heavy atom. The van der Waals surface area contributed by atoms with Gasteiger partial charge in [0.2, 0.25) is 0 Å². The fraction of sp³-hybridized carbons (Fsp3) is 0.333. The Morgan fingerprint density at radius 1 is 1.43 bits per heavy atom. The van der Waals surface area contributed by atoms with Gasteiger partial charge in [-0.05, 0) is 37.1 Å². The number of nitrogens with zero attached hydrogens (tertiary/aromatic N) is 1. The quantitative estimate of drug-likeness (QED) is 0.703. The Kier molecular flexibility index (Phi) is 1.57. The van der Waals surface area contributed by atoms with Gasteiger partial charge in [-0.3, -0.25) is 0 Å². The molecule has 0 spiro atoms. The minimum Gasteiger partial charge on any atom is -0.496 e. The third-order valence-corrected chi connectivity index (χ3v) is 2.82. The summed E-state index contributed by atoms with van der Waals surface area (Å²) in [5, 5.41) is 1.19. The maximum absolute atomic E-state index is 5.30. The van der Waals surface area contributed by atoms with E-state index in [1.54, 1.807) is 7.11 Å². The first-order valence-electron chi connectivity index (χ1n) is 4.95. The molecule has 71 valence electrons. The van der Waals surface area contributed by atoms with E-state index >= 15 is 0 Å². The van der Waals surface area contributed by atoms with Crippen LogP contribution in [0.25, 0.3) is 10.9 Å². The van der Waals surface area contributed by atoms with Gasteiger partial charge in [0.05, 0.1) is 12.6 Å². The molecule has 0 atom stereocenters. The highest BCUT2D eigenvalue weighted by molar-refractivity contribution is 5.86. The van der Waals surface area contributed by atoms with Crippen molar-refractivity contribution in [2.24, 2.45) is 0 Å². The highest BCUT2D eigenvalue weighted by Crippen LogP contribution is 2.39. The number of fused-ring (bicyclic) bond motifs is 1. The van der Waals surface area contributed by atoms with Crippen LogP contribution >= 0.6 is 0 Å². The molecule has 0 saturated heterocycles. The maximum Gasteiger partial charge on any atom is 0.128 e. The SMILES string of the molecule is COc1c[c]cc2c1ccn2C1CC1. The van der Waals surface area contributed by atoms with Gasteiger partial charge in [0, 0.05) is 17.6 Å². The lowest BCUT2D eigenvalue weighted by Crippen LogP contribution is -1.90. The number of benzene rings is 1.